The van der Waals surface area contributed by atoms with Gasteiger partial charge in [0.25, 0.3) is 0 Å². The zero-order valence-corrected chi connectivity index (χ0v) is 15.2. The molecule has 2 rings (SSSR count). The summed E-state index contributed by atoms with van der Waals surface area (Å²) in [6, 6.07) is 0. The number of carbonyl (C=O) groups excluding carboxylic acids is 1. The number of piperazine rings is 1. The third-order valence-electron chi connectivity index (χ3n) is 5.40. The molecular weight excluding hydrogens is 288 g/mol. The van der Waals surface area contributed by atoms with Crippen molar-refractivity contribution in [3.05, 3.63) is 0 Å². The van der Waals surface area contributed by atoms with Gasteiger partial charge in [-0.3, -0.25) is 9.79 Å². The second-order valence-corrected chi connectivity index (χ2v) is 6.98. The average Bonchev–Trinajstić information content (AvgIpc) is 2.59. The normalized spacial score (nSPS) is 26.3. The highest BCUT2D eigenvalue weighted by Gasteiger charge is 2.22. The van der Waals surface area contributed by atoms with Gasteiger partial charge in [-0.15, -0.1) is 0 Å². The maximum Gasteiger partial charge on any atom is 0.219 e. The van der Waals surface area contributed by atoms with Gasteiger partial charge in [-0.2, -0.15) is 0 Å². The summed E-state index contributed by atoms with van der Waals surface area (Å²) in [5.74, 6) is 2.92. The van der Waals surface area contributed by atoms with Crippen molar-refractivity contribution >= 4 is 11.9 Å². The van der Waals surface area contributed by atoms with Crippen molar-refractivity contribution in [2.45, 2.75) is 52.9 Å². The standard InChI is InChI=1S/C18H34N4O/c1-4-16-6-8-17(9-7-16)14-20-18(19-5-2)22-12-10-21(11-13-22)15(3)23/h16-17H,4-14H2,1-3H3,(H,19,20). The van der Waals surface area contributed by atoms with Gasteiger partial charge < -0.3 is 15.1 Å². The van der Waals surface area contributed by atoms with Crippen molar-refractivity contribution in [3.63, 3.8) is 0 Å². The number of hydrogen-bond donors (Lipinski definition) is 1. The zero-order valence-electron chi connectivity index (χ0n) is 15.2. The van der Waals surface area contributed by atoms with Crippen LogP contribution < -0.4 is 5.32 Å². The Morgan fingerprint density at radius 1 is 1.00 bits per heavy atom. The molecule has 0 aromatic rings. The first kappa shape index (κ1) is 18.1. The van der Waals surface area contributed by atoms with E-state index in [0.29, 0.717) is 0 Å². The molecule has 5 nitrogen and oxygen atoms in total. The highest BCUT2D eigenvalue weighted by atomic mass is 16.2. The quantitative estimate of drug-likeness (QED) is 0.638. The number of nitrogens with one attached hydrogen (secondary N) is 1. The first-order valence-electron chi connectivity index (χ1n) is 9.42. The fraction of sp³-hybridized carbons (Fsp3) is 0.889. The zero-order chi connectivity index (χ0) is 16.7. The van der Waals surface area contributed by atoms with Crippen LogP contribution in [0.3, 0.4) is 0 Å². The lowest BCUT2D eigenvalue weighted by Crippen LogP contribution is -2.53. The van der Waals surface area contributed by atoms with E-state index in [1.165, 1.54) is 32.1 Å². The van der Waals surface area contributed by atoms with Crippen LogP contribution in [0.1, 0.15) is 52.9 Å². The molecule has 0 unspecified atom stereocenters. The summed E-state index contributed by atoms with van der Waals surface area (Å²) in [7, 11) is 0. The van der Waals surface area contributed by atoms with Gasteiger partial charge in [0.05, 0.1) is 0 Å². The van der Waals surface area contributed by atoms with Gasteiger partial charge in [0.15, 0.2) is 5.96 Å². The number of amides is 1. The van der Waals surface area contributed by atoms with E-state index in [9.17, 15) is 4.79 Å². The van der Waals surface area contributed by atoms with E-state index in [0.717, 1.165) is 57.1 Å². The summed E-state index contributed by atoms with van der Waals surface area (Å²) < 4.78 is 0. The van der Waals surface area contributed by atoms with Gasteiger partial charge in [0.2, 0.25) is 5.91 Å². The number of carbonyl (C=O) groups is 1. The molecule has 0 atom stereocenters. The highest BCUT2D eigenvalue weighted by molar-refractivity contribution is 5.80. The van der Waals surface area contributed by atoms with Crippen molar-refractivity contribution in [1.29, 1.82) is 0 Å². The third-order valence-corrected chi connectivity index (χ3v) is 5.40. The first-order chi connectivity index (χ1) is 11.1. The van der Waals surface area contributed by atoms with Crippen molar-refractivity contribution in [2.75, 3.05) is 39.3 Å². The predicted molar refractivity (Wildman–Crippen MR) is 95.5 cm³/mol. The lowest BCUT2D eigenvalue weighted by atomic mass is 9.81. The number of rotatable bonds is 4. The molecule has 132 valence electrons. The van der Waals surface area contributed by atoms with Crippen molar-refractivity contribution in [2.24, 2.45) is 16.8 Å². The fourth-order valence-electron chi connectivity index (χ4n) is 3.70. The van der Waals surface area contributed by atoms with Gasteiger partial charge in [0.1, 0.15) is 0 Å². The van der Waals surface area contributed by atoms with E-state index < -0.39 is 0 Å². The predicted octanol–water partition coefficient (Wildman–Crippen LogP) is 2.33. The molecule has 1 aliphatic heterocycles. The van der Waals surface area contributed by atoms with E-state index in [1.807, 2.05) is 4.90 Å². The molecule has 0 radical (unpaired) electrons. The molecule has 1 heterocycles. The van der Waals surface area contributed by atoms with Crippen LogP contribution in [0.15, 0.2) is 4.99 Å². The maximum atomic E-state index is 11.4. The molecule has 1 N–H and O–H groups in total. The fourth-order valence-corrected chi connectivity index (χ4v) is 3.70. The molecule has 0 aromatic heterocycles. The molecule has 2 fully saturated rings. The molecule has 1 amide bonds. The topological polar surface area (TPSA) is 47.9 Å². The van der Waals surface area contributed by atoms with Gasteiger partial charge >= 0.3 is 0 Å². The molecular formula is C18H34N4O. The number of guanidine groups is 1. The second kappa shape index (κ2) is 9.14. The third kappa shape index (κ3) is 5.40. The van der Waals surface area contributed by atoms with Crippen LogP contribution in [0.5, 0.6) is 0 Å². The SMILES string of the molecule is CCNC(=NCC1CCC(CC)CC1)N1CCN(C(C)=O)CC1. The van der Waals surface area contributed by atoms with Gasteiger partial charge in [-0.25, -0.2) is 0 Å². The van der Waals surface area contributed by atoms with Crippen LogP contribution in [-0.2, 0) is 4.79 Å². The second-order valence-electron chi connectivity index (χ2n) is 6.98. The smallest absolute Gasteiger partial charge is 0.219 e. The van der Waals surface area contributed by atoms with Crippen LogP contribution in [0.2, 0.25) is 0 Å². The van der Waals surface area contributed by atoms with Gasteiger partial charge in [-0.05, 0) is 31.6 Å². The summed E-state index contributed by atoms with van der Waals surface area (Å²) in [6.45, 7) is 11.3. The van der Waals surface area contributed by atoms with E-state index >= 15 is 0 Å². The molecule has 1 aliphatic carbocycles. The minimum Gasteiger partial charge on any atom is -0.357 e. The Kier molecular flexibility index (Phi) is 7.18. The average molecular weight is 322 g/mol. The first-order valence-corrected chi connectivity index (χ1v) is 9.42. The number of hydrogen-bond acceptors (Lipinski definition) is 2. The van der Waals surface area contributed by atoms with Crippen molar-refractivity contribution < 1.29 is 4.79 Å². The van der Waals surface area contributed by atoms with Crippen LogP contribution >= 0.6 is 0 Å². The summed E-state index contributed by atoms with van der Waals surface area (Å²) in [5, 5.41) is 3.43. The minimum atomic E-state index is 0.180. The van der Waals surface area contributed by atoms with Gasteiger partial charge in [-0.1, -0.05) is 26.2 Å². The summed E-state index contributed by atoms with van der Waals surface area (Å²) in [4.78, 5) is 20.6. The molecule has 0 bridgehead atoms. The Morgan fingerprint density at radius 2 is 1.57 bits per heavy atom. The van der Waals surface area contributed by atoms with Crippen molar-refractivity contribution in [1.82, 2.24) is 15.1 Å². The van der Waals surface area contributed by atoms with Crippen molar-refractivity contribution in [3.8, 4) is 0 Å². The molecule has 0 aromatic carbocycles. The largest absolute Gasteiger partial charge is 0.357 e. The summed E-state index contributed by atoms with van der Waals surface area (Å²) >= 11 is 0. The maximum absolute atomic E-state index is 11.4. The molecule has 2 aliphatic rings. The van der Waals surface area contributed by atoms with E-state index in [1.54, 1.807) is 6.92 Å². The Labute approximate surface area is 141 Å². The minimum absolute atomic E-state index is 0.180. The Morgan fingerprint density at radius 3 is 2.09 bits per heavy atom. The highest BCUT2D eigenvalue weighted by Crippen LogP contribution is 2.30. The lowest BCUT2D eigenvalue weighted by Gasteiger charge is -2.36. The van der Waals surface area contributed by atoms with Gasteiger partial charge in [0, 0.05) is 46.2 Å². The van der Waals surface area contributed by atoms with Crippen LogP contribution in [0, 0.1) is 11.8 Å². The van der Waals surface area contributed by atoms with Crippen LogP contribution in [-0.4, -0.2) is 60.9 Å². The Hall–Kier alpha value is -1.26. The number of aliphatic imine (C=N–C) groups is 1. The molecule has 1 saturated heterocycles. The lowest BCUT2D eigenvalue weighted by molar-refractivity contribution is -0.130. The molecule has 23 heavy (non-hydrogen) atoms. The van der Waals surface area contributed by atoms with Crippen LogP contribution in [0.4, 0.5) is 0 Å². The Bertz CT molecular complexity index is 394. The molecule has 0 spiro atoms. The van der Waals surface area contributed by atoms with E-state index in [-0.39, 0.29) is 5.91 Å². The van der Waals surface area contributed by atoms with E-state index in [2.05, 4.69) is 24.1 Å². The molecule has 1 saturated carbocycles. The Balaban J connectivity index is 1.84. The van der Waals surface area contributed by atoms with E-state index in [4.69, 9.17) is 4.99 Å². The van der Waals surface area contributed by atoms with Crippen LogP contribution in [0.25, 0.3) is 0 Å². The summed E-state index contributed by atoms with van der Waals surface area (Å²) in [5.41, 5.74) is 0. The number of nitrogens with zero attached hydrogens (tertiary/aromatic N) is 3. The monoisotopic (exact) mass is 322 g/mol. The molecule has 5 heteroatoms. The summed E-state index contributed by atoms with van der Waals surface area (Å²) in [6.07, 6.45) is 6.76.